The van der Waals surface area contributed by atoms with Gasteiger partial charge in [0, 0.05) is 6.04 Å². The maximum absolute atomic E-state index is 9.46. The Labute approximate surface area is 111 Å². The van der Waals surface area contributed by atoms with Gasteiger partial charge in [0.2, 0.25) is 0 Å². The summed E-state index contributed by atoms with van der Waals surface area (Å²) in [4.78, 5) is 4.19. The van der Waals surface area contributed by atoms with E-state index >= 15 is 0 Å². The second-order valence-electron chi connectivity index (χ2n) is 4.23. The Morgan fingerprint density at radius 2 is 2.06 bits per heavy atom. The number of nitrogens with zero attached hydrogens (tertiary/aromatic N) is 1. The summed E-state index contributed by atoms with van der Waals surface area (Å²) in [5, 5.41) is 13.3. The van der Waals surface area contributed by atoms with Gasteiger partial charge in [0.1, 0.15) is 10.9 Å². The third-order valence-corrected chi connectivity index (χ3v) is 3.00. The summed E-state index contributed by atoms with van der Waals surface area (Å²) in [6, 6.07) is 10.9. The predicted octanol–water partition coefficient (Wildman–Crippen LogP) is 3.92. The Kier molecular flexibility index (Phi) is 3.72. The topological polar surface area (TPSA) is 45.2 Å². The van der Waals surface area contributed by atoms with Crippen molar-refractivity contribution in [1.29, 1.82) is 0 Å². The van der Waals surface area contributed by atoms with Crippen LogP contribution in [0.2, 0.25) is 5.15 Å². The van der Waals surface area contributed by atoms with Gasteiger partial charge in [-0.1, -0.05) is 23.7 Å². The standard InChI is InChI=1S/C14H15ClN2O/c1-9(11-4-3-5-12(18)8-11)16-13-6-7-14(15)17-10(13)2/h3-9,16,18H,1-2H3. The minimum absolute atomic E-state index is 0.0822. The third kappa shape index (κ3) is 2.93. The van der Waals surface area contributed by atoms with Crippen molar-refractivity contribution in [2.24, 2.45) is 0 Å². The molecule has 1 unspecified atom stereocenters. The van der Waals surface area contributed by atoms with Crippen LogP contribution in [-0.4, -0.2) is 10.1 Å². The lowest BCUT2D eigenvalue weighted by Crippen LogP contribution is -2.08. The normalized spacial score (nSPS) is 12.2. The molecular weight excluding hydrogens is 248 g/mol. The van der Waals surface area contributed by atoms with Crippen molar-refractivity contribution in [3.63, 3.8) is 0 Å². The van der Waals surface area contributed by atoms with E-state index in [4.69, 9.17) is 11.6 Å². The first-order chi connectivity index (χ1) is 8.56. The van der Waals surface area contributed by atoms with Crippen molar-refractivity contribution < 1.29 is 5.11 Å². The van der Waals surface area contributed by atoms with Crippen LogP contribution in [0.1, 0.15) is 24.2 Å². The summed E-state index contributed by atoms with van der Waals surface area (Å²) < 4.78 is 0. The molecule has 2 rings (SSSR count). The Morgan fingerprint density at radius 1 is 1.28 bits per heavy atom. The van der Waals surface area contributed by atoms with Crippen molar-refractivity contribution in [2.75, 3.05) is 5.32 Å². The van der Waals surface area contributed by atoms with Gasteiger partial charge < -0.3 is 10.4 Å². The van der Waals surface area contributed by atoms with Crippen LogP contribution in [0, 0.1) is 6.92 Å². The van der Waals surface area contributed by atoms with Crippen LogP contribution in [0.4, 0.5) is 5.69 Å². The second kappa shape index (κ2) is 5.27. The van der Waals surface area contributed by atoms with E-state index in [2.05, 4.69) is 10.3 Å². The number of aromatic hydroxyl groups is 1. The summed E-state index contributed by atoms with van der Waals surface area (Å²) in [7, 11) is 0. The van der Waals surface area contributed by atoms with E-state index in [1.54, 1.807) is 18.2 Å². The highest BCUT2D eigenvalue weighted by molar-refractivity contribution is 6.29. The Morgan fingerprint density at radius 3 is 2.72 bits per heavy atom. The van der Waals surface area contributed by atoms with Crippen LogP contribution in [-0.2, 0) is 0 Å². The van der Waals surface area contributed by atoms with E-state index in [0.29, 0.717) is 5.15 Å². The predicted molar refractivity (Wildman–Crippen MR) is 74.1 cm³/mol. The minimum Gasteiger partial charge on any atom is -0.508 e. The second-order valence-corrected chi connectivity index (χ2v) is 4.62. The monoisotopic (exact) mass is 262 g/mol. The molecule has 0 saturated carbocycles. The number of hydrogen-bond acceptors (Lipinski definition) is 3. The molecule has 1 aromatic carbocycles. The number of benzene rings is 1. The molecule has 0 amide bonds. The van der Waals surface area contributed by atoms with Crippen molar-refractivity contribution >= 4 is 17.3 Å². The summed E-state index contributed by atoms with van der Waals surface area (Å²) in [5.41, 5.74) is 2.81. The van der Waals surface area contributed by atoms with Gasteiger partial charge in [0.15, 0.2) is 0 Å². The molecule has 1 heterocycles. The van der Waals surface area contributed by atoms with Crippen molar-refractivity contribution in [3.8, 4) is 5.75 Å². The van der Waals surface area contributed by atoms with Crippen molar-refractivity contribution in [2.45, 2.75) is 19.9 Å². The van der Waals surface area contributed by atoms with Crippen LogP contribution in [0.15, 0.2) is 36.4 Å². The lowest BCUT2D eigenvalue weighted by atomic mass is 10.1. The molecule has 4 heteroatoms. The summed E-state index contributed by atoms with van der Waals surface area (Å²) >= 11 is 5.82. The lowest BCUT2D eigenvalue weighted by molar-refractivity contribution is 0.474. The zero-order valence-corrected chi connectivity index (χ0v) is 11.1. The third-order valence-electron chi connectivity index (χ3n) is 2.79. The molecule has 0 fully saturated rings. The fourth-order valence-electron chi connectivity index (χ4n) is 1.79. The highest BCUT2D eigenvalue weighted by Gasteiger charge is 2.08. The molecule has 1 atom stereocenters. The SMILES string of the molecule is Cc1nc(Cl)ccc1NC(C)c1cccc(O)c1. The van der Waals surface area contributed by atoms with Gasteiger partial charge in [-0.05, 0) is 43.7 Å². The van der Waals surface area contributed by atoms with E-state index in [1.165, 1.54) is 0 Å². The number of aromatic nitrogens is 1. The number of aryl methyl sites for hydroxylation is 1. The average molecular weight is 263 g/mol. The van der Waals surface area contributed by atoms with E-state index in [1.807, 2.05) is 32.0 Å². The van der Waals surface area contributed by atoms with Gasteiger partial charge in [-0.25, -0.2) is 4.98 Å². The molecule has 0 aliphatic heterocycles. The molecule has 0 bridgehead atoms. The van der Waals surface area contributed by atoms with E-state index < -0.39 is 0 Å². The average Bonchev–Trinajstić information content (AvgIpc) is 2.32. The van der Waals surface area contributed by atoms with Crippen LogP contribution in [0.3, 0.4) is 0 Å². The van der Waals surface area contributed by atoms with Crippen LogP contribution in [0.25, 0.3) is 0 Å². The molecular formula is C14H15ClN2O. The van der Waals surface area contributed by atoms with Crippen molar-refractivity contribution in [1.82, 2.24) is 4.98 Å². The van der Waals surface area contributed by atoms with E-state index in [0.717, 1.165) is 16.9 Å². The quantitative estimate of drug-likeness (QED) is 0.824. The molecule has 0 saturated heterocycles. The largest absolute Gasteiger partial charge is 0.508 e. The van der Waals surface area contributed by atoms with Gasteiger partial charge >= 0.3 is 0 Å². The number of hydrogen-bond donors (Lipinski definition) is 2. The molecule has 0 spiro atoms. The fourth-order valence-corrected chi connectivity index (χ4v) is 1.98. The summed E-state index contributed by atoms with van der Waals surface area (Å²) in [5.74, 6) is 0.270. The molecule has 3 nitrogen and oxygen atoms in total. The number of anilines is 1. The Bertz CT molecular complexity index is 557. The smallest absolute Gasteiger partial charge is 0.129 e. The summed E-state index contributed by atoms with van der Waals surface area (Å²) in [6.45, 7) is 3.94. The molecule has 0 aliphatic carbocycles. The van der Waals surface area contributed by atoms with Crippen LogP contribution >= 0.6 is 11.6 Å². The number of halogens is 1. The molecule has 18 heavy (non-hydrogen) atoms. The zero-order chi connectivity index (χ0) is 13.1. The maximum atomic E-state index is 9.46. The lowest BCUT2D eigenvalue weighted by Gasteiger charge is -2.17. The molecule has 0 radical (unpaired) electrons. The minimum atomic E-state index is 0.0822. The first-order valence-corrected chi connectivity index (χ1v) is 6.12. The zero-order valence-electron chi connectivity index (χ0n) is 10.3. The molecule has 2 N–H and O–H groups in total. The van der Waals surface area contributed by atoms with E-state index in [9.17, 15) is 5.11 Å². The van der Waals surface area contributed by atoms with Crippen LogP contribution in [0.5, 0.6) is 5.75 Å². The highest BCUT2D eigenvalue weighted by atomic mass is 35.5. The number of pyridine rings is 1. The van der Waals surface area contributed by atoms with Gasteiger partial charge in [0.25, 0.3) is 0 Å². The first kappa shape index (κ1) is 12.7. The molecule has 94 valence electrons. The van der Waals surface area contributed by atoms with Gasteiger partial charge in [-0.3, -0.25) is 0 Å². The molecule has 2 aromatic rings. The van der Waals surface area contributed by atoms with Crippen LogP contribution < -0.4 is 5.32 Å². The van der Waals surface area contributed by atoms with Gasteiger partial charge in [-0.2, -0.15) is 0 Å². The number of phenolic OH excluding ortho intramolecular Hbond substituents is 1. The summed E-state index contributed by atoms with van der Waals surface area (Å²) in [6.07, 6.45) is 0. The fraction of sp³-hybridized carbons (Fsp3) is 0.214. The van der Waals surface area contributed by atoms with E-state index in [-0.39, 0.29) is 11.8 Å². The first-order valence-electron chi connectivity index (χ1n) is 5.75. The van der Waals surface area contributed by atoms with Crippen molar-refractivity contribution in [3.05, 3.63) is 52.8 Å². The highest BCUT2D eigenvalue weighted by Crippen LogP contribution is 2.24. The molecule has 1 aromatic heterocycles. The van der Waals surface area contributed by atoms with Gasteiger partial charge in [-0.15, -0.1) is 0 Å². The number of phenols is 1. The number of rotatable bonds is 3. The maximum Gasteiger partial charge on any atom is 0.129 e. The number of nitrogens with one attached hydrogen (secondary N) is 1. The van der Waals surface area contributed by atoms with Gasteiger partial charge in [0.05, 0.1) is 11.4 Å². The molecule has 0 aliphatic rings. The Balaban J connectivity index is 2.18. The Hall–Kier alpha value is -1.74.